The van der Waals surface area contributed by atoms with Crippen LogP contribution in [0.5, 0.6) is 11.5 Å². The number of carbonyl (C=O) groups is 5. The average Bonchev–Trinajstić information content (AvgIpc) is 1.61. The molecule has 5 aliphatic carbocycles. The number of carbonyl (C=O) groups excluding carboxylic acids is 5. The van der Waals surface area contributed by atoms with E-state index in [1.165, 1.54) is 136 Å². The van der Waals surface area contributed by atoms with Gasteiger partial charge in [-0.15, -0.1) is 0 Å². The van der Waals surface area contributed by atoms with Crippen molar-refractivity contribution in [3.05, 3.63) is 338 Å². The van der Waals surface area contributed by atoms with Crippen LogP contribution in [0.15, 0.2) is 174 Å². The summed E-state index contributed by atoms with van der Waals surface area (Å²) in [6.45, 7) is 55.1. The summed E-state index contributed by atoms with van der Waals surface area (Å²) >= 11 is 22.0. The summed E-state index contributed by atoms with van der Waals surface area (Å²) < 4.78 is 98.8. The normalized spacial score (nSPS) is 15.6. The maximum atomic E-state index is 14.0. The Morgan fingerprint density at radius 3 is 1.10 bits per heavy atom. The summed E-state index contributed by atoms with van der Waals surface area (Å²) in [5.41, 5.74) is 28.5. The molecule has 0 radical (unpaired) electrons. The van der Waals surface area contributed by atoms with Crippen LogP contribution >= 0.6 is 125 Å². The number of methoxy groups -OCH3 is 1. The Morgan fingerprint density at radius 2 is 0.726 bits per heavy atom. The molecule has 7 aliphatic rings. The molecule has 2 N–H and O–H groups in total. The molecule has 19 rings (SSSR count). The van der Waals surface area contributed by atoms with Crippen molar-refractivity contribution in [3.8, 4) is 44.9 Å². The summed E-state index contributed by atoms with van der Waals surface area (Å²) in [6, 6.07) is 47.4. The van der Waals surface area contributed by atoms with Crippen LogP contribution in [0.1, 0.15) is 225 Å². The number of phenols is 1. The predicted octanol–water partition coefficient (Wildman–Crippen LogP) is 31.8. The quantitative estimate of drug-likeness (QED) is 0.0612. The number of Topliss-reactive ketones (excluding diaryl/α,β-unsaturated/α-hetero) is 4. The zero-order valence-corrected chi connectivity index (χ0v) is 104. The highest BCUT2D eigenvalue weighted by Gasteiger charge is 2.53. The lowest BCUT2D eigenvalue weighted by Gasteiger charge is -2.32. The molecule has 0 amide bonds. The molecule has 0 spiro atoms. The number of aromatic hydroxyl groups is 1. The van der Waals surface area contributed by atoms with Crippen molar-refractivity contribution in [1.82, 2.24) is 0 Å². The number of fused-ring (bicyclic) bond motifs is 6. The third-order valence-electron chi connectivity index (χ3n) is 28.1. The highest BCUT2D eigenvalue weighted by Crippen LogP contribution is 2.46. The van der Waals surface area contributed by atoms with Gasteiger partial charge in [0.15, 0.2) is 23.1 Å². The predicted molar refractivity (Wildman–Crippen MR) is 630 cm³/mol. The van der Waals surface area contributed by atoms with Crippen LogP contribution in [0.25, 0.3) is 33.4 Å². The maximum absolute atomic E-state index is 14.0. The smallest absolute Gasteiger partial charge is 0.495 e. The van der Waals surface area contributed by atoms with Crippen molar-refractivity contribution in [2.24, 2.45) is 0 Å². The third kappa shape index (κ3) is 27.9. The Balaban J connectivity index is 0.000000158. The Morgan fingerprint density at radius 1 is 0.404 bits per heavy atom. The molecule has 12 aromatic rings. The van der Waals surface area contributed by atoms with Crippen molar-refractivity contribution in [2.75, 3.05) is 13.7 Å². The fourth-order valence-corrected chi connectivity index (χ4v) is 27.3. The van der Waals surface area contributed by atoms with Gasteiger partial charge in [0, 0.05) is 78.3 Å². The first kappa shape index (κ1) is 119. The van der Waals surface area contributed by atoms with E-state index in [0.717, 1.165) is 82.0 Å². The van der Waals surface area contributed by atoms with Gasteiger partial charge in [-0.1, -0.05) is 221 Å². The van der Waals surface area contributed by atoms with E-state index in [-0.39, 0.29) is 69.3 Å². The van der Waals surface area contributed by atoms with Gasteiger partial charge in [-0.2, -0.15) is 0 Å². The van der Waals surface area contributed by atoms with Crippen molar-refractivity contribution in [1.29, 1.82) is 0 Å². The molecule has 772 valence electrons. The van der Waals surface area contributed by atoms with Crippen molar-refractivity contribution in [3.63, 3.8) is 0 Å². The second kappa shape index (κ2) is 49.1. The Labute approximate surface area is 932 Å². The molecule has 27 heteroatoms. The van der Waals surface area contributed by atoms with Crippen LogP contribution in [0.2, 0.25) is 58.9 Å². The van der Waals surface area contributed by atoms with Gasteiger partial charge in [-0.3, -0.25) is 24.0 Å². The van der Waals surface area contributed by atoms with Crippen LogP contribution in [0, 0.1) is 119 Å². The number of aryl methyl sites for hydroxylation is 12. The first-order chi connectivity index (χ1) is 68.0. The monoisotopic (exact) mass is 2570 g/mol. The number of hydrogen-bond donors (Lipinski definition) is 2. The summed E-state index contributed by atoms with van der Waals surface area (Å²) in [6.07, 6.45) is 5.18. The molecule has 0 aromatic heterocycles. The Hall–Kier alpha value is -7.50. The minimum atomic E-state index is -1.37. The lowest BCUT2D eigenvalue weighted by molar-refractivity contribution is -0.141. The van der Waals surface area contributed by atoms with Gasteiger partial charge in [0.25, 0.3) is 0 Å². The summed E-state index contributed by atoms with van der Waals surface area (Å²) in [4.78, 5) is 57.9. The molecule has 2 heterocycles. The van der Waals surface area contributed by atoms with E-state index in [1.54, 1.807) is 40.7 Å². The van der Waals surface area contributed by atoms with Crippen molar-refractivity contribution < 1.29 is 74.9 Å². The number of rotatable bonds is 9. The summed E-state index contributed by atoms with van der Waals surface area (Å²) in [5.74, 6) is -1.59. The Kier molecular flexibility index (Phi) is 39.9. The van der Waals surface area contributed by atoms with Gasteiger partial charge in [0.1, 0.15) is 40.6 Å². The van der Waals surface area contributed by atoms with Gasteiger partial charge in [0.05, 0.1) is 83.9 Å². The van der Waals surface area contributed by atoms with Gasteiger partial charge >= 0.3 is 13.1 Å². The molecule has 2 atom stereocenters. The van der Waals surface area contributed by atoms with E-state index in [9.17, 15) is 56.1 Å². The highest BCUT2D eigenvalue weighted by molar-refractivity contribution is 14.1. The maximum Gasteiger partial charge on any atom is 0.495 e. The lowest BCUT2D eigenvalue weighted by Crippen LogP contribution is -2.41. The SMILES string of the molecule is CC1(C)OB(c2ccc(F)c3c2CCC3=O)OC1(C)C.COC(=O)C[C@@H]1COc2cc(O)ccc21.Cc1cc(Br)cc(C)c1Br.Cc1cc(I)cc(C)c1-c1ccc(F)c2c1CCC2=O.Cc1cc(I)cc(C)c1-c1ccc(F)c2c1CC[C@@H]2O.Cc1cc([Si](C)(C)C)cc(C)c1-c1ccc(F)c2c1CCC2=O.Cc1cc([Si](C)(C)C)cc(C)c1Br.Cc1cc([Si](C)(C)C)cc(C)c1Br.O=C1CCc2c(Br)ccc(F)c21. The van der Waals surface area contributed by atoms with Crippen molar-refractivity contribution in [2.45, 2.75) is 264 Å². The molecular weight excluding hydrogens is 2450 g/mol. The lowest BCUT2D eigenvalue weighted by atomic mass is 9.75. The molecule has 0 unspecified atom stereocenters. The molecule has 2 aliphatic heterocycles. The highest BCUT2D eigenvalue weighted by atomic mass is 127. The molecular formula is C119H131BBr5F5I2O11Si3. The average molecular weight is 2580 g/mol. The second-order valence-electron chi connectivity index (χ2n) is 42.9. The molecule has 0 saturated carbocycles. The zero-order valence-electron chi connectivity index (χ0n) is 88.3. The zero-order chi connectivity index (χ0) is 108. The van der Waals surface area contributed by atoms with E-state index >= 15 is 0 Å². The van der Waals surface area contributed by atoms with Gasteiger partial charge in [-0.05, 0) is 407 Å². The van der Waals surface area contributed by atoms with Gasteiger partial charge in [0.2, 0.25) is 0 Å². The minimum absolute atomic E-state index is 0.0352. The van der Waals surface area contributed by atoms with Crippen molar-refractivity contribution >= 4 is 206 Å². The van der Waals surface area contributed by atoms with Crippen LogP contribution < -0.4 is 25.8 Å². The van der Waals surface area contributed by atoms with E-state index in [4.69, 9.17) is 14.0 Å². The number of ether oxygens (including phenoxy) is 2. The summed E-state index contributed by atoms with van der Waals surface area (Å²) in [7, 11) is -2.82. The third-order valence-corrected chi connectivity index (χ3v) is 40.3. The number of esters is 1. The topological polar surface area (TPSA) is 163 Å². The number of halogens is 12. The number of aliphatic hydroxyl groups is 1. The standard InChI is InChI=1S/C20H23FOSi.C17H16FIO.C17H14FIO.C15H18BFO3.2C11H17BrSi.C11H12O4.C9H6BrFO.C8H8Br2/c1-12-10-14(23(3,4)5)11-13(2)19(12)15-6-8-17(21)20-16(15)7-9-18(20)22;2*1-9-7-11(19)8-10(2)16(9)12-3-5-14(18)17-13(12)4-6-15(17)20;1-14(2)15(3,4)20-16(19-14)10-6-7-11(17)13-9(10)5-8-12(13)18;2*1-8-6-10(13(3,4)5)7-9(2)11(8)12;1-14-11(13)4-7-6-15-10-5-8(12)2-3-9(7)10;10-6-2-3-7(11)9-5(6)1-4-8(9)12;1-5-3-7(9)4-6(2)8(5)10/h6,8,10-11H,7,9H2,1-5H3;3,5,7-8,15,20H,4,6H2,1-2H3;3,5,7-8H,4,6H2,1-2H3;6-7H,5,8H2,1-4H3;2*6-7H,1-5H3;2-3,5,7,12H,4,6H2,1H3;2-3H,1,4H2;3-4H,1-2H3/t;15-;;;;;7-;;/m.0....1../s1. The number of benzene rings is 12. The second-order valence-corrected chi connectivity index (χ2v) is 64.7. The van der Waals surface area contributed by atoms with Gasteiger partial charge in [-0.25, -0.2) is 22.0 Å². The fourth-order valence-electron chi connectivity index (χ4n) is 19.6. The van der Waals surface area contributed by atoms with E-state index in [0.29, 0.717) is 93.3 Å². The van der Waals surface area contributed by atoms with E-state index in [1.807, 2.05) is 45.9 Å². The molecule has 12 aromatic carbocycles. The number of ketones is 4. The molecule has 1 fully saturated rings. The largest absolute Gasteiger partial charge is 0.508 e. The fraction of sp³-hybridized carbons (Fsp3) is 0.353. The molecule has 11 nitrogen and oxygen atoms in total. The van der Waals surface area contributed by atoms with Crippen LogP contribution in [0.4, 0.5) is 22.0 Å². The van der Waals surface area contributed by atoms with Gasteiger partial charge < -0.3 is 29.0 Å². The summed E-state index contributed by atoms with van der Waals surface area (Å²) in [5, 5.41) is 23.7. The van der Waals surface area contributed by atoms with E-state index in [2.05, 4.69) is 344 Å². The van der Waals surface area contributed by atoms with Crippen LogP contribution in [-0.4, -0.2) is 95.6 Å². The number of phenolic OH excluding ortho intramolecular Hbond substituents is 1. The number of hydrogen-bond acceptors (Lipinski definition) is 11. The minimum Gasteiger partial charge on any atom is -0.508 e. The first-order valence-electron chi connectivity index (χ1n) is 49.1. The first-order valence-corrected chi connectivity index (χ1v) is 65.7. The van der Waals surface area contributed by atoms with E-state index < -0.39 is 60.3 Å². The van der Waals surface area contributed by atoms with Crippen LogP contribution in [-0.2, 0) is 50.9 Å². The number of aliphatic hydroxyl groups excluding tert-OH is 1. The molecule has 146 heavy (non-hydrogen) atoms. The molecule has 0 bridgehead atoms. The Bertz CT molecular complexity index is 6870. The van der Waals surface area contributed by atoms with Crippen LogP contribution in [0.3, 0.4) is 0 Å². The molecule has 1 saturated heterocycles.